The summed E-state index contributed by atoms with van der Waals surface area (Å²) in [5.41, 5.74) is -3.39. The summed E-state index contributed by atoms with van der Waals surface area (Å²) in [5, 5.41) is 124. The minimum atomic E-state index is -1.87. The smallest absolute Gasteiger partial charge is 0.317 e. The maximum Gasteiger partial charge on any atom is 0.317 e. The van der Waals surface area contributed by atoms with Gasteiger partial charge in [0, 0.05) is 19.3 Å². The van der Waals surface area contributed by atoms with Crippen LogP contribution in [0.3, 0.4) is 0 Å². The first-order valence-corrected chi connectivity index (χ1v) is 28.9. The van der Waals surface area contributed by atoms with Crippen LogP contribution in [0.2, 0.25) is 0 Å². The topological polar surface area (TPSA) is 366 Å². The molecule has 81 heavy (non-hydrogen) atoms. The molecule has 0 aromatic heterocycles. The van der Waals surface area contributed by atoms with Crippen LogP contribution in [0.15, 0.2) is 11.6 Å². The molecule has 24 nitrogen and oxygen atoms in total. The van der Waals surface area contributed by atoms with E-state index >= 15 is 4.79 Å². The minimum Gasteiger partial charge on any atom is -0.457 e. The fourth-order valence-corrected chi connectivity index (χ4v) is 16.9. The molecule has 8 fully saturated rings. The number of carbonyl (C=O) groups is 3. The van der Waals surface area contributed by atoms with Crippen molar-refractivity contribution in [2.24, 2.45) is 50.2 Å². The Bertz CT molecular complexity index is 2340. The average molecular weight is 1160 g/mol. The number of carbonyl (C=O) groups excluding carboxylic acids is 3. The number of fused-ring (bicyclic) bond motifs is 7. The molecule has 0 spiro atoms. The van der Waals surface area contributed by atoms with E-state index in [1.54, 1.807) is 0 Å². The monoisotopic (exact) mass is 1160 g/mol. The highest BCUT2D eigenvalue weighted by Crippen LogP contribution is 2.76. The summed E-state index contributed by atoms with van der Waals surface area (Å²) < 4.78 is 59.5. The van der Waals surface area contributed by atoms with Crippen molar-refractivity contribution in [3.05, 3.63) is 11.6 Å². The van der Waals surface area contributed by atoms with E-state index in [0.717, 1.165) is 19.4 Å². The van der Waals surface area contributed by atoms with Gasteiger partial charge < -0.3 is 104 Å². The van der Waals surface area contributed by atoms with Gasteiger partial charge in [0.15, 0.2) is 37.2 Å². The van der Waals surface area contributed by atoms with Gasteiger partial charge >= 0.3 is 17.9 Å². The van der Waals surface area contributed by atoms with Crippen LogP contribution in [0.25, 0.3) is 0 Å². The van der Waals surface area contributed by atoms with E-state index in [1.807, 2.05) is 6.92 Å². The zero-order valence-corrected chi connectivity index (χ0v) is 48.3. The van der Waals surface area contributed by atoms with E-state index in [-0.39, 0.29) is 36.7 Å². The summed E-state index contributed by atoms with van der Waals surface area (Å²) in [5.74, 6) is -3.24. The quantitative estimate of drug-likeness (QED) is 0.0721. The number of hydrogen-bond donors (Lipinski definition) is 11. The van der Waals surface area contributed by atoms with Gasteiger partial charge in [-0.2, -0.15) is 0 Å². The molecule has 4 saturated heterocycles. The maximum atomic E-state index is 15.6. The molecule has 4 saturated carbocycles. The second kappa shape index (κ2) is 22.6. The van der Waals surface area contributed by atoms with E-state index < -0.39 is 193 Å². The Morgan fingerprint density at radius 2 is 1.17 bits per heavy atom. The van der Waals surface area contributed by atoms with Crippen LogP contribution >= 0.6 is 0 Å². The fraction of sp³-hybridized carbons (Fsp3) is 0.912. The molecular weight excluding hydrogens is 1070 g/mol. The molecule has 0 unspecified atom stereocenters. The molecule has 4 heterocycles. The van der Waals surface area contributed by atoms with Crippen molar-refractivity contribution >= 4 is 17.9 Å². The van der Waals surface area contributed by atoms with Gasteiger partial charge in [-0.1, -0.05) is 53.2 Å². The highest BCUT2D eigenvalue weighted by molar-refractivity contribution is 5.80. The maximum absolute atomic E-state index is 15.6. The van der Waals surface area contributed by atoms with Crippen molar-refractivity contribution < 1.29 is 118 Å². The molecule has 0 amide bonds. The van der Waals surface area contributed by atoms with Crippen LogP contribution in [0, 0.1) is 50.2 Å². The van der Waals surface area contributed by atoms with Crippen molar-refractivity contribution in [3.8, 4) is 0 Å². The first-order chi connectivity index (χ1) is 37.7. The average Bonchev–Trinajstić information content (AvgIpc) is 0.896. The zero-order valence-electron chi connectivity index (χ0n) is 48.3. The molecule has 4 aliphatic heterocycles. The van der Waals surface area contributed by atoms with Crippen LogP contribution in [-0.2, 0) is 61.8 Å². The normalized spacial score (nSPS) is 53.3. The van der Waals surface area contributed by atoms with E-state index in [2.05, 4.69) is 40.7 Å². The van der Waals surface area contributed by atoms with Crippen molar-refractivity contribution in [1.82, 2.24) is 0 Å². The lowest BCUT2D eigenvalue weighted by Crippen LogP contribution is -2.70. The van der Waals surface area contributed by atoms with Crippen molar-refractivity contribution in [1.29, 1.82) is 0 Å². The number of ether oxygens (including phenoxy) is 10. The first-order valence-electron chi connectivity index (χ1n) is 28.9. The second-order valence-electron chi connectivity index (χ2n) is 27.1. The first kappa shape index (κ1) is 62.9. The SMILES string of the molecule is CC(=O)O[C@@H]1[C@H](O)[C@@H](O[C@@H]2O[C@@H](C)[C@H](O[C@@H]3OC[C@@H](O)[C@H](O[C@@H]4O[C@@H](C)[C@H](O)[C@@H](O)[C@H]4O)[C@H]3O)[C@@H](O)[C@H]2OC(C)=O)[C@H](OC(=O)[C@]23CCC(C)(C)C[C@H]2C2=CC[C@@H]4[C@@]5(C)C[C@H](O)[C@H](O)[C@@](C)(CO)[C@@H]5CC[C@@]4(C)[C@]2(C)C[C@H]3O)O[C@@H]1C. The van der Waals surface area contributed by atoms with Crippen molar-refractivity contribution in [3.63, 3.8) is 0 Å². The third kappa shape index (κ3) is 10.4. The number of aliphatic hydroxyl groups excluding tert-OH is 11. The van der Waals surface area contributed by atoms with E-state index in [1.165, 1.54) is 20.8 Å². The van der Waals surface area contributed by atoms with Crippen LogP contribution in [-0.4, -0.2) is 222 Å². The molecule has 11 N–H and O–H groups in total. The minimum absolute atomic E-state index is 0.0280. The highest BCUT2D eigenvalue weighted by atomic mass is 16.8. The molecule has 24 heteroatoms. The van der Waals surface area contributed by atoms with E-state index in [9.17, 15) is 65.8 Å². The van der Waals surface area contributed by atoms with Gasteiger partial charge in [0.05, 0.1) is 49.8 Å². The standard InChI is InChI=1S/C57H90O24/c1-23-35(64)36(65)37(66)48(73-23)79-43-31(62)21-72-47(40(43)69)78-42-25(3)74-49(44(39(42)68)77-27(5)60)80-45-38(67)41(76-26(4)59)24(2)75-50(45)81-51(71)57-17-16-52(6,7)18-29(57)28-12-13-33-53(8)19-30(61)46(70)54(9,22-58)32(53)14-15-55(33,10)56(28,11)20-34(57)63/h12,23-25,29-50,58,61-70H,13-22H2,1-11H3/t23-,24+,25-,29-,30-,31+,32+,33+,34+,35-,36+,37+,38-,39+,40+,41-,42-,43-,44+,45+,46-,47-,48-,49-,50-,53-,54-,55+,56+,57+/m0/s1. The van der Waals surface area contributed by atoms with Crippen LogP contribution in [0.5, 0.6) is 0 Å². The molecule has 0 aromatic rings. The van der Waals surface area contributed by atoms with Crippen molar-refractivity contribution in [2.75, 3.05) is 13.2 Å². The molecule has 0 bridgehead atoms. The van der Waals surface area contributed by atoms with Crippen LogP contribution in [0.1, 0.15) is 128 Å². The number of esters is 3. The Hall–Kier alpha value is -2.57. The van der Waals surface area contributed by atoms with Gasteiger partial charge in [-0.15, -0.1) is 0 Å². The Morgan fingerprint density at radius 1 is 0.580 bits per heavy atom. The number of allylic oxidation sites excluding steroid dienone is 2. The second-order valence-corrected chi connectivity index (χ2v) is 27.1. The van der Waals surface area contributed by atoms with Gasteiger partial charge in [-0.3, -0.25) is 14.4 Å². The Morgan fingerprint density at radius 3 is 1.83 bits per heavy atom. The third-order valence-corrected chi connectivity index (χ3v) is 21.6. The Balaban J connectivity index is 0.985. The van der Waals surface area contributed by atoms with Gasteiger partial charge in [0.25, 0.3) is 0 Å². The van der Waals surface area contributed by atoms with E-state index in [4.69, 9.17) is 47.4 Å². The van der Waals surface area contributed by atoms with Crippen LogP contribution in [0.4, 0.5) is 0 Å². The third-order valence-electron chi connectivity index (χ3n) is 21.6. The van der Waals surface area contributed by atoms with Gasteiger partial charge in [0.2, 0.25) is 6.29 Å². The largest absolute Gasteiger partial charge is 0.457 e. The van der Waals surface area contributed by atoms with Gasteiger partial charge in [0.1, 0.15) is 60.4 Å². The lowest BCUT2D eigenvalue weighted by molar-refractivity contribution is -0.380. The molecule has 0 aromatic carbocycles. The predicted molar refractivity (Wildman–Crippen MR) is 276 cm³/mol. The lowest BCUT2D eigenvalue weighted by Gasteiger charge is -2.72. The Kier molecular flexibility index (Phi) is 17.6. The number of hydrogen-bond acceptors (Lipinski definition) is 24. The summed E-state index contributed by atoms with van der Waals surface area (Å²) in [6, 6.07) is 0. The lowest BCUT2D eigenvalue weighted by atomic mass is 9.33. The summed E-state index contributed by atoms with van der Waals surface area (Å²) in [7, 11) is 0. The number of rotatable bonds is 11. The Labute approximate surface area is 472 Å². The van der Waals surface area contributed by atoms with Crippen LogP contribution < -0.4 is 0 Å². The molecule has 9 rings (SSSR count). The fourth-order valence-electron chi connectivity index (χ4n) is 16.9. The summed E-state index contributed by atoms with van der Waals surface area (Å²) in [6.45, 7) is 18.4. The molecular formula is C57H90O24. The van der Waals surface area contributed by atoms with E-state index in [0.29, 0.717) is 38.5 Å². The molecule has 5 aliphatic carbocycles. The molecule has 0 radical (unpaired) electrons. The van der Waals surface area contributed by atoms with Gasteiger partial charge in [-0.25, -0.2) is 0 Å². The highest BCUT2D eigenvalue weighted by Gasteiger charge is 2.73. The zero-order chi connectivity index (χ0) is 59.6. The number of aliphatic hydroxyl groups is 11. The molecule has 9 aliphatic rings. The summed E-state index contributed by atoms with van der Waals surface area (Å²) >= 11 is 0. The predicted octanol–water partition coefficient (Wildman–Crippen LogP) is -0.258. The molecule has 462 valence electrons. The molecule has 30 atom stereocenters. The summed E-state index contributed by atoms with van der Waals surface area (Å²) in [4.78, 5) is 41.0. The summed E-state index contributed by atoms with van der Waals surface area (Å²) in [6.07, 6.45) is -27.9. The van der Waals surface area contributed by atoms with Gasteiger partial charge in [-0.05, 0) is 112 Å². The van der Waals surface area contributed by atoms with Crippen molar-refractivity contribution in [2.45, 2.75) is 263 Å².